The van der Waals surface area contributed by atoms with Crippen molar-refractivity contribution in [2.75, 3.05) is 20.3 Å². The van der Waals surface area contributed by atoms with Crippen molar-refractivity contribution in [1.29, 1.82) is 0 Å². The van der Waals surface area contributed by atoms with E-state index < -0.39 is 128 Å². The molecule has 0 aliphatic carbocycles. The number of rotatable bonds is 12. The summed E-state index contributed by atoms with van der Waals surface area (Å²) in [4.78, 5) is 14.6. The van der Waals surface area contributed by atoms with Gasteiger partial charge in [-0.3, -0.25) is 4.79 Å². The van der Waals surface area contributed by atoms with Crippen LogP contribution >= 0.6 is 0 Å². The Balaban J connectivity index is 1.42. The van der Waals surface area contributed by atoms with Crippen molar-refractivity contribution < 1.29 is 93.7 Å². The molecule has 15 atom stereocenters. The lowest BCUT2D eigenvalue weighted by Crippen LogP contribution is -2.61. The Morgan fingerprint density at radius 3 is 1.93 bits per heavy atom. The molecule has 15 unspecified atom stereocenters. The molecule has 0 bridgehead atoms. The van der Waals surface area contributed by atoms with Gasteiger partial charge in [-0.05, 0) is 51.5 Å². The number of allylic oxidation sites excluding steroid dienone is 2. The second-order valence-corrected chi connectivity index (χ2v) is 14.8. The van der Waals surface area contributed by atoms with Crippen LogP contribution in [0.2, 0.25) is 0 Å². The van der Waals surface area contributed by atoms with E-state index in [4.69, 9.17) is 37.6 Å². The molecule has 3 aromatic rings. The first-order valence-electron chi connectivity index (χ1n) is 18.7. The maximum absolute atomic E-state index is 14.6. The number of ether oxygens (including phenoxy) is 7. The first kappa shape index (κ1) is 44.6. The van der Waals surface area contributed by atoms with Gasteiger partial charge in [0.1, 0.15) is 95.4 Å². The highest BCUT2D eigenvalue weighted by Gasteiger charge is 2.48. The van der Waals surface area contributed by atoms with Crippen LogP contribution in [-0.4, -0.2) is 169 Å². The third-order valence-electron chi connectivity index (χ3n) is 10.5. The zero-order valence-electron chi connectivity index (χ0n) is 32.3. The molecular weight excluding hydrogens is 788 g/mol. The Labute approximate surface area is 336 Å². The highest BCUT2D eigenvalue weighted by molar-refractivity contribution is 5.91. The van der Waals surface area contributed by atoms with Gasteiger partial charge in [0.15, 0.2) is 12.1 Å². The second kappa shape index (κ2) is 18.3. The summed E-state index contributed by atoms with van der Waals surface area (Å²) >= 11 is 0. The molecule has 0 saturated carbocycles. The summed E-state index contributed by atoms with van der Waals surface area (Å²) in [6, 6.07) is 7.14. The van der Waals surface area contributed by atoms with Crippen LogP contribution in [0.5, 0.6) is 23.0 Å². The van der Waals surface area contributed by atoms with Gasteiger partial charge in [0.25, 0.3) is 0 Å². The molecule has 20 heteroatoms. The Morgan fingerprint density at radius 1 is 0.746 bits per heavy atom. The molecule has 3 saturated heterocycles. The van der Waals surface area contributed by atoms with Crippen LogP contribution in [0.1, 0.15) is 26.3 Å². The molecular formula is C39H50O20. The first-order chi connectivity index (χ1) is 28.0. The van der Waals surface area contributed by atoms with E-state index in [9.17, 15) is 61.0 Å². The van der Waals surface area contributed by atoms with Gasteiger partial charge >= 0.3 is 0 Å². The molecule has 3 fully saturated rings. The predicted octanol–water partition coefficient (Wildman–Crippen LogP) is -2.11. The van der Waals surface area contributed by atoms with Gasteiger partial charge in [0, 0.05) is 17.2 Å². The fraction of sp³-hybridized carbons (Fsp3) is 0.564. The summed E-state index contributed by atoms with van der Waals surface area (Å²) in [7, 11) is 1.43. The van der Waals surface area contributed by atoms with E-state index in [2.05, 4.69) is 0 Å². The van der Waals surface area contributed by atoms with Gasteiger partial charge in [-0.2, -0.15) is 0 Å². The maximum atomic E-state index is 14.6. The summed E-state index contributed by atoms with van der Waals surface area (Å²) in [6.07, 6.45) is -23.0. The number of hydrogen-bond donors (Lipinski definition) is 11. The molecule has 2 aromatic carbocycles. The highest BCUT2D eigenvalue weighted by Crippen LogP contribution is 2.42. The van der Waals surface area contributed by atoms with Crippen LogP contribution < -0.4 is 19.6 Å². The van der Waals surface area contributed by atoms with Gasteiger partial charge < -0.3 is 93.7 Å². The zero-order chi connectivity index (χ0) is 43.0. The minimum atomic E-state index is -2.00. The number of hydrogen-bond acceptors (Lipinski definition) is 20. The van der Waals surface area contributed by atoms with Crippen molar-refractivity contribution >= 4 is 11.0 Å². The van der Waals surface area contributed by atoms with Crippen LogP contribution in [0.4, 0.5) is 0 Å². The minimum absolute atomic E-state index is 0.00144. The topological polar surface area (TPSA) is 317 Å². The first-order valence-corrected chi connectivity index (χ1v) is 18.7. The van der Waals surface area contributed by atoms with Crippen molar-refractivity contribution in [2.45, 2.75) is 119 Å². The molecule has 6 rings (SSSR count). The molecule has 20 nitrogen and oxygen atoms in total. The molecule has 4 heterocycles. The van der Waals surface area contributed by atoms with Crippen molar-refractivity contribution in [1.82, 2.24) is 0 Å². The van der Waals surface area contributed by atoms with E-state index in [1.165, 1.54) is 26.2 Å². The normalized spacial score (nSPS) is 35.0. The fourth-order valence-corrected chi connectivity index (χ4v) is 6.90. The molecule has 59 heavy (non-hydrogen) atoms. The average molecular weight is 839 g/mol. The average Bonchev–Trinajstić information content (AvgIpc) is 3.21. The molecule has 326 valence electrons. The van der Waals surface area contributed by atoms with Crippen molar-refractivity contribution in [3.8, 4) is 34.3 Å². The highest BCUT2D eigenvalue weighted by atomic mass is 16.7. The molecule has 11 N–H and O–H groups in total. The molecule has 0 radical (unpaired) electrons. The number of aliphatic hydroxyl groups is 10. The number of aliphatic hydroxyl groups excluding tert-OH is 10. The number of phenolic OH excluding ortho intramolecular Hbond substituents is 1. The molecule has 0 amide bonds. The van der Waals surface area contributed by atoms with E-state index >= 15 is 0 Å². The standard InChI is InChI=1S/C39H50O20/c1-14(2)5-10-18-20(55-38-32(50)29(47)25(43)21(12-40)56-38)11-19(41)23-27(45)36(34(58-35(18)23)16-6-8-17(52-4)9-7-16)59-39-33(51)30(48)26(44)22(57-39)13-53-37-31(49)28(46)24(42)15(3)54-37/h5-9,11,15,21-22,24-26,28-33,37-44,46-51H,10,12-13H2,1-4H3. The summed E-state index contributed by atoms with van der Waals surface area (Å²) in [5.74, 6) is -1.38. The lowest BCUT2D eigenvalue weighted by Gasteiger charge is -2.42. The lowest BCUT2D eigenvalue weighted by atomic mass is 9.98. The van der Waals surface area contributed by atoms with Gasteiger partial charge in [0.05, 0.1) is 26.4 Å². The monoisotopic (exact) mass is 838 g/mol. The van der Waals surface area contributed by atoms with Crippen LogP contribution in [-0.2, 0) is 25.4 Å². The predicted molar refractivity (Wildman–Crippen MR) is 199 cm³/mol. The smallest absolute Gasteiger partial charge is 0.239 e. The zero-order valence-corrected chi connectivity index (χ0v) is 32.3. The van der Waals surface area contributed by atoms with E-state index in [0.29, 0.717) is 5.75 Å². The molecule has 3 aliphatic rings. The second-order valence-electron chi connectivity index (χ2n) is 14.8. The third kappa shape index (κ3) is 8.92. The quantitative estimate of drug-likeness (QED) is 0.0870. The number of benzene rings is 2. The Morgan fingerprint density at radius 2 is 1.32 bits per heavy atom. The molecule has 0 spiro atoms. The fourth-order valence-electron chi connectivity index (χ4n) is 6.90. The maximum Gasteiger partial charge on any atom is 0.239 e. The number of phenols is 1. The number of aromatic hydroxyl groups is 1. The Kier molecular flexibility index (Phi) is 13.9. The Hall–Kier alpha value is -3.97. The van der Waals surface area contributed by atoms with Crippen LogP contribution in [0.25, 0.3) is 22.3 Å². The number of methoxy groups -OCH3 is 1. The summed E-state index contributed by atoms with van der Waals surface area (Å²) < 4.78 is 46.0. The van der Waals surface area contributed by atoms with E-state index in [-0.39, 0.29) is 34.6 Å². The van der Waals surface area contributed by atoms with E-state index in [0.717, 1.165) is 11.6 Å². The summed E-state index contributed by atoms with van der Waals surface area (Å²) in [5, 5.41) is 115. The number of fused-ring (bicyclic) bond motifs is 1. The summed E-state index contributed by atoms with van der Waals surface area (Å²) in [6.45, 7) is 3.66. The SMILES string of the molecule is COc1ccc(-c2oc3c(CC=C(C)C)c(OC4OC(CO)C(O)C(O)C4O)cc(O)c3c(=O)c2OC2OC(COC3OC(C)C(O)C(O)C3O)C(O)C(O)C2O)cc1. The lowest BCUT2D eigenvalue weighted by molar-refractivity contribution is -0.318. The van der Waals surface area contributed by atoms with Crippen molar-refractivity contribution in [3.63, 3.8) is 0 Å². The van der Waals surface area contributed by atoms with Crippen LogP contribution in [0.3, 0.4) is 0 Å². The minimum Gasteiger partial charge on any atom is -0.507 e. The third-order valence-corrected chi connectivity index (χ3v) is 10.5. The van der Waals surface area contributed by atoms with Crippen LogP contribution in [0, 0.1) is 0 Å². The summed E-state index contributed by atoms with van der Waals surface area (Å²) in [5.41, 5.74) is -0.0743. The van der Waals surface area contributed by atoms with Crippen LogP contribution in [0.15, 0.2) is 51.2 Å². The van der Waals surface area contributed by atoms with Crippen molar-refractivity contribution in [2.24, 2.45) is 0 Å². The van der Waals surface area contributed by atoms with Gasteiger partial charge in [0.2, 0.25) is 23.8 Å². The Bertz CT molecular complexity index is 2000. The van der Waals surface area contributed by atoms with E-state index in [1.807, 2.05) is 0 Å². The van der Waals surface area contributed by atoms with Gasteiger partial charge in [-0.25, -0.2) is 0 Å². The van der Waals surface area contributed by atoms with E-state index in [1.54, 1.807) is 32.1 Å². The molecule has 1 aromatic heterocycles. The molecule has 3 aliphatic heterocycles. The van der Waals surface area contributed by atoms with Gasteiger partial charge in [-0.1, -0.05) is 11.6 Å². The van der Waals surface area contributed by atoms with Crippen molar-refractivity contribution in [3.05, 3.63) is 57.8 Å². The van der Waals surface area contributed by atoms with Gasteiger partial charge in [-0.15, -0.1) is 0 Å². The largest absolute Gasteiger partial charge is 0.507 e.